The number of amides is 1. The first-order valence-corrected chi connectivity index (χ1v) is 11.7. The van der Waals surface area contributed by atoms with Gasteiger partial charge in [-0.3, -0.25) is 4.79 Å². The number of hydrogen-bond acceptors (Lipinski definition) is 4. The van der Waals surface area contributed by atoms with Crippen LogP contribution in [0.3, 0.4) is 0 Å². The van der Waals surface area contributed by atoms with Crippen LogP contribution in [-0.4, -0.2) is 10.9 Å². The predicted molar refractivity (Wildman–Crippen MR) is 134 cm³/mol. The number of aryl methyl sites for hydroxylation is 1. The molecule has 0 spiro atoms. The number of oxazole rings is 1. The summed E-state index contributed by atoms with van der Waals surface area (Å²) in [6.07, 6.45) is 0. The van der Waals surface area contributed by atoms with Crippen molar-refractivity contribution >= 4 is 90.5 Å². The highest BCUT2D eigenvalue weighted by molar-refractivity contribution is 7.21. The number of rotatable bonds is 3. The van der Waals surface area contributed by atoms with E-state index in [1.807, 2.05) is 25.1 Å². The Balaban J connectivity index is 1.50. The average Bonchev–Trinajstić information content (AvgIpc) is 3.31. The third kappa shape index (κ3) is 3.85. The maximum absolute atomic E-state index is 13.0. The zero-order valence-electron chi connectivity index (χ0n) is 16.3. The van der Waals surface area contributed by atoms with E-state index in [1.54, 1.807) is 30.3 Å². The molecule has 4 nitrogen and oxygen atoms in total. The zero-order chi connectivity index (χ0) is 22.6. The quantitative estimate of drug-likeness (QED) is 0.258. The van der Waals surface area contributed by atoms with Gasteiger partial charge in [0.2, 0.25) is 5.89 Å². The number of halogens is 4. The van der Waals surface area contributed by atoms with E-state index in [2.05, 4.69) is 10.3 Å². The smallest absolute Gasteiger partial charge is 0.267 e. The molecule has 0 aliphatic carbocycles. The molecule has 0 aliphatic rings. The molecule has 5 aromatic rings. The van der Waals surface area contributed by atoms with Gasteiger partial charge in [0, 0.05) is 31.4 Å². The molecule has 3 aromatic carbocycles. The molecule has 2 heterocycles. The second kappa shape index (κ2) is 8.25. The lowest BCUT2D eigenvalue weighted by molar-refractivity contribution is 0.103. The number of carbonyl (C=O) groups excluding carboxylic acids is 1. The van der Waals surface area contributed by atoms with Crippen LogP contribution in [0.5, 0.6) is 0 Å². The van der Waals surface area contributed by atoms with Gasteiger partial charge in [0.1, 0.15) is 10.4 Å². The zero-order valence-corrected chi connectivity index (χ0v) is 20.1. The van der Waals surface area contributed by atoms with Crippen LogP contribution in [0.25, 0.3) is 32.6 Å². The van der Waals surface area contributed by atoms with Gasteiger partial charge in [-0.1, -0.05) is 58.5 Å². The third-order valence-corrected chi connectivity index (χ3v) is 7.33. The van der Waals surface area contributed by atoms with Gasteiger partial charge in [-0.2, -0.15) is 0 Å². The summed E-state index contributed by atoms with van der Waals surface area (Å²) in [7, 11) is 0. The molecule has 9 heteroatoms. The normalized spacial score (nSPS) is 11.4. The Hall–Kier alpha value is -2.28. The lowest BCUT2D eigenvalue weighted by atomic mass is 10.1. The number of nitrogens with zero attached hydrogens (tertiary/aromatic N) is 1. The predicted octanol–water partition coefficient (Wildman–Crippen LogP) is 8.88. The fourth-order valence-corrected chi connectivity index (χ4v) is 5.55. The SMILES string of the molecule is Cc1ccc(-c2nc3cc(Cl)cc(Cl)c3o2)cc1NC(=O)c1sc2cc(Cl)ccc2c1Cl. The number of carbonyl (C=O) groups is 1. The molecule has 1 amide bonds. The van der Waals surface area contributed by atoms with Crippen molar-refractivity contribution < 1.29 is 9.21 Å². The molecule has 32 heavy (non-hydrogen) atoms. The molecule has 0 bridgehead atoms. The fourth-order valence-electron chi connectivity index (χ4n) is 3.34. The molecule has 2 aromatic heterocycles. The van der Waals surface area contributed by atoms with Gasteiger partial charge in [0.25, 0.3) is 5.91 Å². The van der Waals surface area contributed by atoms with Crippen LogP contribution < -0.4 is 5.32 Å². The van der Waals surface area contributed by atoms with Gasteiger partial charge in [0.15, 0.2) is 5.58 Å². The minimum absolute atomic E-state index is 0.306. The minimum Gasteiger partial charge on any atom is -0.435 e. The fraction of sp³-hybridized carbons (Fsp3) is 0.0435. The summed E-state index contributed by atoms with van der Waals surface area (Å²) in [5.74, 6) is 0.0640. The molecule has 0 radical (unpaired) electrons. The van der Waals surface area contributed by atoms with Crippen LogP contribution in [0.15, 0.2) is 52.9 Å². The number of aromatic nitrogens is 1. The summed E-state index contributed by atoms with van der Waals surface area (Å²) >= 11 is 26.1. The van der Waals surface area contributed by atoms with Gasteiger partial charge < -0.3 is 9.73 Å². The topological polar surface area (TPSA) is 55.1 Å². The number of anilines is 1. The Morgan fingerprint density at radius 1 is 1.00 bits per heavy atom. The van der Waals surface area contributed by atoms with E-state index in [0.29, 0.717) is 53.2 Å². The molecule has 1 N–H and O–H groups in total. The largest absolute Gasteiger partial charge is 0.435 e. The standard InChI is InChI=1S/C23H12Cl4N2O2S/c1-10-2-3-11(23-29-17-8-13(25)7-15(26)20(17)31-23)6-16(10)28-22(30)21-19(27)14-5-4-12(24)9-18(14)32-21/h2-9H,1H3,(H,28,30). The third-order valence-electron chi connectivity index (χ3n) is 4.94. The molecular weight excluding hydrogens is 510 g/mol. The van der Waals surface area contributed by atoms with Crippen molar-refractivity contribution in [3.63, 3.8) is 0 Å². The van der Waals surface area contributed by atoms with Gasteiger partial charge in [-0.25, -0.2) is 4.98 Å². The first-order valence-electron chi connectivity index (χ1n) is 9.35. The van der Waals surface area contributed by atoms with Crippen molar-refractivity contribution in [3.05, 3.63) is 79.1 Å². The minimum atomic E-state index is -0.306. The van der Waals surface area contributed by atoms with Crippen molar-refractivity contribution in [2.75, 3.05) is 5.32 Å². The van der Waals surface area contributed by atoms with Crippen LogP contribution in [-0.2, 0) is 0 Å². The Morgan fingerprint density at radius 2 is 1.81 bits per heavy atom. The van der Waals surface area contributed by atoms with Gasteiger partial charge >= 0.3 is 0 Å². The van der Waals surface area contributed by atoms with Crippen LogP contribution in [0.1, 0.15) is 15.2 Å². The highest BCUT2D eigenvalue weighted by atomic mass is 35.5. The summed E-state index contributed by atoms with van der Waals surface area (Å²) in [6.45, 7) is 1.90. The van der Waals surface area contributed by atoms with E-state index in [4.69, 9.17) is 50.8 Å². The molecule has 0 saturated heterocycles. The van der Waals surface area contributed by atoms with Crippen LogP contribution >= 0.6 is 57.7 Å². The summed E-state index contributed by atoms with van der Waals surface area (Å²) in [6, 6.07) is 14.2. The molecule has 5 rings (SSSR count). The molecule has 0 unspecified atom stereocenters. The number of nitrogens with one attached hydrogen (secondary N) is 1. The van der Waals surface area contributed by atoms with E-state index in [0.717, 1.165) is 15.6 Å². The van der Waals surface area contributed by atoms with Gasteiger partial charge in [0.05, 0.1) is 10.0 Å². The molecule has 0 fully saturated rings. The Morgan fingerprint density at radius 3 is 2.62 bits per heavy atom. The molecule has 0 saturated carbocycles. The lowest BCUT2D eigenvalue weighted by Crippen LogP contribution is -2.11. The highest BCUT2D eigenvalue weighted by Gasteiger charge is 2.19. The summed E-state index contributed by atoms with van der Waals surface area (Å²) in [5.41, 5.74) is 3.18. The van der Waals surface area contributed by atoms with Gasteiger partial charge in [-0.15, -0.1) is 11.3 Å². The summed E-state index contributed by atoms with van der Waals surface area (Å²) < 4.78 is 6.70. The maximum atomic E-state index is 13.0. The van der Waals surface area contributed by atoms with Crippen LogP contribution in [0, 0.1) is 6.92 Å². The van der Waals surface area contributed by atoms with E-state index in [-0.39, 0.29) is 5.91 Å². The van der Waals surface area contributed by atoms with Crippen molar-refractivity contribution in [1.29, 1.82) is 0 Å². The number of fused-ring (bicyclic) bond motifs is 2. The van der Waals surface area contributed by atoms with Gasteiger partial charge in [-0.05, 0) is 48.9 Å². The Kier molecular flexibility index (Phi) is 5.56. The van der Waals surface area contributed by atoms with Crippen molar-refractivity contribution in [1.82, 2.24) is 4.98 Å². The number of benzene rings is 3. The maximum Gasteiger partial charge on any atom is 0.267 e. The molecule has 0 aliphatic heterocycles. The van der Waals surface area contributed by atoms with E-state index in [1.165, 1.54) is 11.3 Å². The average molecular weight is 522 g/mol. The number of hydrogen-bond donors (Lipinski definition) is 1. The number of thiophene rings is 1. The van der Waals surface area contributed by atoms with Crippen molar-refractivity contribution in [3.8, 4) is 11.5 Å². The second-order valence-electron chi connectivity index (χ2n) is 7.12. The van der Waals surface area contributed by atoms with E-state index < -0.39 is 0 Å². The Bertz CT molecular complexity index is 1540. The monoisotopic (exact) mass is 520 g/mol. The summed E-state index contributed by atoms with van der Waals surface area (Å²) in [4.78, 5) is 17.9. The van der Waals surface area contributed by atoms with Crippen LogP contribution in [0.2, 0.25) is 20.1 Å². The summed E-state index contributed by atoms with van der Waals surface area (Å²) in [5, 5.41) is 5.58. The molecular formula is C23H12Cl4N2O2S. The van der Waals surface area contributed by atoms with E-state index >= 15 is 0 Å². The first kappa shape index (κ1) is 21.6. The van der Waals surface area contributed by atoms with E-state index in [9.17, 15) is 4.79 Å². The Labute approximate surface area is 206 Å². The second-order valence-corrected chi connectivity index (χ2v) is 9.83. The highest BCUT2D eigenvalue weighted by Crippen LogP contribution is 2.38. The molecule has 0 atom stereocenters. The van der Waals surface area contributed by atoms with Crippen molar-refractivity contribution in [2.24, 2.45) is 0 Å². The van der Waals surface area contributed by atoms with Crippen LogP contribution in [0.4, 0.5) is 5.69 Å². The lowest BCUT2D eigenvalue weighted by Gasteiger charge is -2.09. The first-order chi connectivity index (χ1) is 15.3. The van der Waals surface area contributed by atoms with Crippen molar-refractivity contribution in [2.45, 2.75) is 6.92 Å². The molecule has 160 valence electrons.